The van der Waals surface area contributed by atoms with Crippen molar-refractivity contribution in [1.29, 1.82) is 0 Å². The highest BCUT2D eigenvalue weighted by Gasteiger charge is 2.13. The first-order valence-electron chi connectivity index (χ1n) is 5.17. The molecule has 0 saturated heterocycles. The molecule has 0 unspecified atom stereocenters. The fourth-order valence-corrected chi connectivity index (χ4v) is 1.31. The van der Waals surface area contributed by atoms with E-state index in [4.69, 9.17) is 15.3 Å². The number of aliphatic hydroxyl groups excluding tert-OH is 1. The lowest BCUT2D eigenvalue weighted by Crippen LogP contribution is -2.16. The minimum atomic E-state index is -1.28. The van der Waals surface area contributed by atoms with Crippen LogP contribution in [0.15, 0.2) is 24.3 Å². The number of aliphatic carboxylic acids is 2. The van der Waals surface area contributed by atoms with Crippen LogP contribution in [0.5, 0.6) is 0 Å². The summed E-state index contributed by atoms with van der Waals surface area (Å²) in [6.45, 7) is 0. The van der Waals surface area contributed by atoms with E-state index in [0.717, 1.165) is 0 Å². The van der Waals surface area contributed by atoms with Gasteiger partial charge in [0.1, 0.15) is 0 Å². The summed E-state index contributed by atoms with van der Waals surface area (Å²) in [6.07, 6.45) is -1.08. The third-order valence-electron chi connectivity index (χ3n) is 2.19. The van der Waals surface area contributed by atoms with Gasteiger partial charge in [-0.2, -0.15) is 0 Å². The molecule has 92 valence electrons. The molecule has 2 rings (SSSR count). The Balaban J connectivity index is 0.000000177. The third-order valence-corrected chi connectivity index (χ3v) is 2.19. The Labute approximate surface area is 98.3 Å². The van der Waals surface area contributed by atoms with Crippen molar-refractivity contribution in [2.75, 3.05) is 0 Å². The topological polar surface area (TPSA) is 94.8 Å². The van der Waals surface area contributed by atoms with Crippen LogP contribution in [0.1, 0.15) is 24.0 Å². The van der Waals surface area contributed by atoms with Crippen molar-refractivity contribution in [3.8, 4) is 0 Å². The number of hydrogen-bond donors (Lipinski definition) is 3. The number of carbonyl (C=O) groups is 2. The van der Waals surface area contributed by atoms with Gasteiger partial charge in [0.15, 0.2) is 0 Å². The Morgan fingerprint density at radius 3 is 1.76 bits per heavy atom. The van der Waals surface area contributed by atoms with Crippen LogP contribution in [0.2, 0.25) is 0 Å². The molecule has 1 aliphatic carbocycles. The van der Waals surface area contributed by atoms with Crippen molar-refractivity contribution in [3.05, 3.63) is 35.4 Å². The molecule has 0 aromatic heterocycles. The lowest BCUT2D eigenvalue weighted by atomic mass is 10.2. The second kappa shape index (κ2) is 6.00. The highest BCUT2D eigenvalue weighted by Crippen LogP contribution is 2.25. The molecule has 0 heterocycles. The number of carboxylic acid groups (broad SMARTS) is 2. The number of hydrogen-bond acceptors (Lipinski definition) is 3. The van der Waals surface area contributed by atoms with Gasteiger partial charge in [0.2, 0.25) is 0 Å². The molecule has 0 saturated carbocycles. The molecule has 1 aliphatic rings. The smallest absolute Gasteiger partial charge is 0.305 e. The molecular weight excluding hydrogens is 224 g/mol. The van der Waals surface area contributed by atoms with Crippen molar-refractivity contribution in [2.45, 2.75) is 25.4 Å². The molecule has 1 aromatic rings. The first kappa shape index (κ1) is 13.2. The van der Waals surface area contributed by atoms with Gasteiger partial charge in [0.25, 0.3) is 0 Å². The molecule has 0 fully saturated rings. The highest BCUT2D eigenvalue weighted by atomic mass is 16.4. The zero-order valence-corrected chi connectivity index (χ0v) is 9.17. The standard InChI is InChI=1S/C7H6.C5H8O5/c1-2-4-7-5-6(7)3-1;6-3(1-4(7)8)2-5(9)10/h1-4H,5H2;3,6H,1-2H2,(H,7,8)(H,9,10). The van der Waals surface area contributed by atoms with Gasteiger partial charge in [-0.1, -0.05) is 24.3 Å². The van der Waals surface area contributed by atoms with Crippen molar-refractivity contribution in [2.24, 2.45) is 0 Å². The number of aliphatic hydroxyl groups is 1. The summed E-state index contributed by atoms with van der Waals surface area (Å²) >= 11 is 0. The van der Waals surface area contributed by atoms with E-state index in [1.807, 2.05) is 0 Å². The first-order chi connectivity index (χ1) is 7.99. The van der Waals surface area contributed by atoms with Crippen molar-refractivity contribution in [3.63, 3.8) is 0 Å². The zero-order chi connectivity index (χ0) is 12.8. The lowest BCUT2D eigenvalue weighted by Gasteiger charge is -2.01. The van der Waals surface area contributed by atoms with Crippen LogP contribution < -0.4 is 0 Å². The molecule has 0 spiro atoms. The molecule has 5 nitrogen and oxygen atoms in total. The Hall–Kier alpha value is -1.88. The Morgan fingerprint density at radius 1 is 1.06 bits per heavy atom. The molecule has 0 radical (unpaired) electrons. The van der Waals surface area contributed by atoms with E-state index in [0.29, 0.717) is 0 Å². The summed E-state index contributed by atoms with van der Waals surface area (Å²) in [7, 11) is 0. The number of benzene rings is 1. The van der Waals surface area contributed by atoms with Crippen molar-refractivity contribution in [1.82, 2.24) is 0 Å². The Morgan fingerprint density at radius 2 is 1.47 bits per heavy atom. The van der Waals surface area contributed by atoms with Gasteiger partial charge in [-0.3, -0.25) is 9.59 Å². The van der Waals surface area contributed by atoms with Crippen LogP contribution in [0, 0.1) is 0 Å². The molecule has 0 bridgehead atoms. The predicted molar refractivity (Wildman–Crippen MR) is 59.8 cm³/mol. The molecule has 0 amide bonds. The van der Waals surface area contributed by atoms with Crippen LogP contribution in [0.4, 0.5) is 0 Å². The minimum absolute atomic E-state index is 0.522. The largest absolute Gasteiger partial charge is 0.481 e. The average Bonchev–Trinajstić information content (AvgIpc) is 2.93. The van der Waals surface area contributed by atoms with Gasteiger partial charge >= 0.3 is 11.9 Å². The average molecular weight is 238 g/mol. The zero-order valence-electron chi connectivity index (χ0n) is 9.17. The van der Waals surface area contributed by atoms with Crippen LogP contribution in [0.25, 0.3) is 0 Å². The van der Waals surface area contributed by atoms with Gasteiger partial charge < -0.3 is 15.3 Å². The van der Waals surface area contributed by atoms with E-state index in [2.05, 4.69) is 24.3 Å². The summed E-state index contributed by atoms with van der Waals surface area (Å²) in [5, 5.41) is 24.7. The van der Waals surface area contributed by atoms with Gasteiger partial charge in [-0.15, -0.1) is 0 Å². The van der Waals surface area contributed by atoms with Crippen LogP contribution >= 0.6 is 0 Å². The normalized spacial score (nSPS) is 11.2. The van der Waals surface area contributed by atoms with E-state index in [1.165, 1.54) is 17.5 Å². The second-order valence-corrected chi connectivity index (χ2v) is 3.80. The summed E-state index contributed by atoms with van der Waals surface area (Å²) < 4.78 is 0. The molecule has 17 heavy (non-hydrogen) atoms. The van der Waals surface area contributed by atoms with Gasteiger partial charge in [-0.25, -0.2) is 0 Å². The Bertz CT molecular complexity index is 376. The quantitative estimate of drug-likeness (QED) is 0.735. The van der Waals surface area contributed by atoms with E-state index in [9.17, 15) is 9.59 Å². The van der Waals surface area contributed by atoms with Crippen LogP contribution in [-0.4, -0.2) is 33.4 Å². The summed E-state index contributed by atoms with van der Waals surface area (Å²) in [4.78, 5) is 19.7. The van der Waals surface area contributed by atoms with Gasteiger partial charge in [0.05, 0.1) is 18.9 Å². The van der Waals surface area contributed by atoms with Crippen molar-refractivity contribution < 1.29 is 24.9 Å². The molecule has 5 heteroatoms. The molecular formula is C12H14O5. The van der Waals surface area contributed by atoms with E-state index >= 15 is 0 Å². The Kier molecular flexibility index (Phi) is 4.66. The molecule has 1 aromatic carbocycles. The van der Waals surface area contributed by atoms with E-state index in [1.54, 1.807) is 0 Å². The summed E-state index contributed by atoms with van der Waals surface area (Å²) in [6, 6.07) is 8.53. The number of fused-ring (bicyclic) bond motifs is 1. The number of rotatable bonds is 4. The summed E-state index contributed by atoms with van der Waals surface area (Å²) in [5.41, 5.74) is 3.06. The maximum atomic E-state index is 9.84. The maximum Gasteiger partial charge on any atom is 0.305 e. The van der Waals surface area contributed by atoms with E-state index < -0.39 is 30.9 Å². The van der Waals surface area contributed by atoms with Gasteiger partial charge in [0, 0.05) is 0 Å². The number of carboxylic acids is 2. The monoisotopic (exact) mass is 238 g/mol. The molecule has 3 N–H and O–H groups in total. The second-order valence-electron chi connectivity index (χ2n) is 3.80. The van der Waals surface area contributed by atoms with Crippen LogP contribution in [-0.2, 0) is 16.0 Å². The molecule has 0 atom stereocenters. The van der Waals surface area contributed by atoms with Crippen LogP contribution in [0.3, 0.4) is 0 Å². The fourth-order valence-electron chi connectivity index (χ4n) is 1.31. The third kappa shape index (κ3) is 5.67. The minimum Gasteiger partial charge on any atom is -0.481 e. The molecule has 0 aliphatic heterocycles. The maximum absolute atomic E-state index is 9.84. The lowest BCUT2D eigenvalue weighted by molar-refractivity contribution is -0.142. The van der Waals surface area contributed by atoms with Gasteiger partial charge in [-0.05, 0) is 17.5 Å². The predicted octanol–water partition coefficient (Wildman–Crippen LogP) is 0.887. The highest BCUT2D eigenvalue weighted by molar-refractivity contribution is 5.71. The summed E-state index contributed by atoms with van der Waals surface area (Å²) in [5.74, 6) is -2.40. The van der Waals surface area contributed by atoms with E-state index in [-0.39, 0.29) is 0 Å². The van der Waals surface area contributed by atoms with Crippen molar-refractivity contribution >= 4 is 11.9 Å². The fraction of sp³-hybridized carbons (Fsp3) is 0.333. The SMILES string of the molecule is O=C(O)CC(O)CC(=O)O.c1ccc2c(c1)C2. The first-order valence-corrected chi connectivity index (χ1v) is 5.17.